The van der Waals surface area contributed by atoms with Gasteiger partial charge in [-0.2, -0.15) is 14.0 Å². The standard InChI is InChI=1S/C20H22F2N4O/c1-3-24-20(25-12-16-6-4-5-15(10-16)11-23)26-13-17-9-14(2)7-8-18(17)27-19(21)22/h4-10,19H,3,12-13H2,1-2H3,(H2,24,25,26). The molecule has 0 aliphatic rings. The summed E-state index contributed by atoms with van der Waals surface area (Å²) in [5.74, 6) is 0.685. The molecule has 0 unspecified atom stereocenters. The third-order valence-corrected chi connectivity index (χ3v) is 3.70. The molecule has 0 saturated heterocycles. The van der Waals surface area contributed by atoms with E-state index in [1.807, 2.05) is 26.0 Å². The number of aliphatic imine (C=N–C) groups is 1. The summed E-state index contributed by atoms with van der Waals surface area (Å²) < 4.78 is 29.8. The Kier molecular flexibility index (Phi) is 7.56. The molecule has 0 heterocycles. The highest BCUT2D eigenvalue weighted by molar-refractivity contribution is 5.79. The van der Waals surface area contributed by atoms with E-state index in [1.54, 1.807) is 24.3 Å². The average Bonchev–Trinajstić information content (AvgIpc) is 2.65. The molecular formula is C20H22F2N4O. The zero-order valence-electron chi connectivity index (χ0n) is 15.3. The molecule has 0 spiro atoms. The molecule has 27 heavy (non-hydrogen) atoms. The Balaban J connectivity index is 2.10. The van der Waals surface area contributed by atoms with Crippen LogP contribution >= 0.6 is 0 Å². The lowest BCUT2D eigenvalue weighted by Gasteiger charge is -2.15. The first-order chi connectivity index (χ1) is 13.0. The Bertz CT molecular complexity index is 831. The summed E-state index contributed by atoms with van der Waals surface area (Å²) in [5, 5.41) is 15.2. The van der Waals surface area contributed by atoms with Crippen molar-refractivity contribution < 1.29 is 13.5 Å². The lowest BCUT2D eigenvalue weighted by molar-refractivity contribution is -0.0504. The van der Waals surface area contributed by atoms with E-state index in [0.717, 1.165) is 11.1 Å². The van der Waals surface area contributed by atoms with E-state index in [0.29, 0.717) is 30.2 Å². The number of nitrogens with one attached hydrogen (secondary N) is 2. The number of alkyl halides is 2. The molecule has 2 aromatic rings. The first kappa shape index (κ1) is 20.2. The first-order valence-electron chi connectivity index (χ1n) is 8.57. The lowest BCUT2D eigenvalue weighted by atomic mass is 10.1. The van der Waals surface area contributed by atoms with Gasteiger partial charge in [0.15, 0.2) is 5.96 Å². The number of nitriles is 1. The van der Waals surface area contributed by atoms with Gasteiger partial charge in [0, 0.05) is 18.7 Å². The van der Waals surface area contributed by atoms with E-state index >= 15 is 0 Å². The zero-order valence-corrected chi connectivity index (χ0v) is 15.3. The van der Waals surface area contributed by atoms with Crippen LogP contribution in [0, 0.1) is 18.3 Å². The number of rotatable bonds is 7. The summed E-state index contributed by atoms with van der Waals surface area (Å²) in [6.45, 7) is 2.27. The molecule has 0 atom stereocenters. The highest BCUT2D eigenvalue weighted by Crippen LogP contribution is 2.22. The molecular weight excluding hydrogens is 350 g/mol. The van der Waals surface area contributed by atoms with Gasteiger partial charge in [-0.1, -0.05) is 29.8 Å². The molecule has 2 aromatic carbocycles. The molecule has 7 heteroatoms. The van der Waals surface area contributed by atoms with Crippen LogP contribution in [0.4, 0.5) is 8.78 Å². The highest BCUT2D eigenvalue weighted by Gasteiger charge is 2.10. The summed E-state index contributed by atoms with van der Waals surface area (Å²) in [6.07, 6.45) is 0. The number of ether oxygens (including phenoxy) is 1. The molecule has 2 rings (SSSR count). The SMILES string of the molecule is CCNC(=NCc1cccc(C#N)c1)NCc1cc(C)ccc1OC(F)F. The van der Waals surface area contributed by atoms with Gasteiger partial charge < -0.3 is 15.4 Å². The van der Waals surface area contributed by atoms with Crippen LogP contribution in [0.3, 0.4) is 0 Å². The highest BCUT2D eigenvalue weighted by atomic mass is 19.3. The van der Waals surface area contributed by atoms with Gasteiger partial charge >= 0.3 is 6.61 Å². The van der Waals surface area contributed by atoms with Crippen molar-refractivity contribution in [1.29, 1.82) is 5.26 Å². The fraction of sp³-hybridized carbons (Fsp3) is 0.300. The predicted octanol–water partition coefficient (Wildman–Crippen LogP) is 3.72. The second-order valence-electron chi connectivity index (χ2n) is 5.85. The summed E-state index contributed by atoms with van der Waals surface area (Å²) in [7, 11) is 0. The first-order valence-corrected chi connectivity index (χ1v) is 8.57. The minimum Gasteiger partial charge on any atom is -0.434 e. The van der Waals surface area contributed by atoms with Gasteiger partial charge in [-0.3, -0.25) is 0 Å². The van der Waals surface area contributed by atoms with Crippen LogP contribution in [0.5, 0.6) is 5.75 Å². The van der Waals surface area contributed by atoms with Crippen molar-refractivity contribution in [2.75, 3.05) is 6.54 Å². The number of aryl methyl sites for hydroxylation is 1. The molecule has 0 radical (unpaired) electrons. The van der Waals surface area contributed by atoms with Crippen LogP contribution < -0.4 is 15.4 Å². The van der Waals surface area contributed by atoms with Gasteiger partial charge in [0.1, 0.15) is 5.75 Å². The van der Waals surface area contributed by atoms with E-state index in [-0.39, 0.29) is 12.3 Å². The smallest absolute Gasteiger partial charge is 0.387 e. The van der Waals surface area contributed by atoms with Crippen molar-refractivity contribution in [2.24, 2.45) is 4.99 Å². The Morgan fingerprint density at radius 2 is 2.04 bits per heavy atom. The quantitative estimate of drug-likeness (QED) is 0.574. The van der Waals surface area contributed by atoms with Crippen LogP contribution in [0.15, 0.2) is 47.5 Å². The van der Waals surface area contributed by atoms with Crippen molar-refractivity contribution in [2.45, 2.75) is 33.5 Å². The Morgan fingerprint density at radius 1 is 1.22 bits per heavy atom. The normalized spacial score (nSPS) is 11.2. The van der Waals surface area contributed by atoms with Crippen LogP contribution in [0.2, 0.25) is 0 Å². The molecule has 0 aliphatic heterocycles. The monoisotopic (exact) mass is 372 g/mol. The number of hydrogen-bond acceptors (Lipinski definition) is 3. The van der Waals surface area contributed by atoms with Gasteiger partial charge in [-0.25, -0.2) is 4.99 Å². The number of benzene rings is 2. The van der Waals surface area contributed by atoms with Crippen molar-refractivity contribution >= 4 is 5.96 Å². The van der Waals surface area contributed by atoms with Gasteiger partial charge in [0.25, 0.3) is 0 Å². The minimum atomic E-state index is -2.87. The van der Waals surface area contributed by atoms with Gasteiger partial charge in [0.05, 0.1) is 18.2 Å². The summed E-state index contributed by atoms with van der Waals surface area (Å²) in [6, 6.07) is 14.4. The fourth-order valence-electron chi connectivity index (χ4n) is 2.49. The second kappa shape index (κ2) is 10.1. The van der Waals surface area contributed by atoms with Gasteiger partial charge in [-0.15, -0.1) is 0 Å². The number of halogens is 2. The molecule has 0 aliphatic carbocycles. The van der Waals surface area contributed by atoms with E-state index < -0.39 is 6.61 Å². The van der Waals surface area contributed by atoms with Crippen molar-refractivity contribution in [1.82, 2.24) is 10.6 Å². The average molecular weight is 372 g/mol. The predicted molar refractivity (Wildman–Crippen MR) is 101 cm³/mol. The van der Waals surface area contributed by atoms with Crippen LogP contribution in [-0.4, -0.2) is 19.1 Å². The number of guanidine groups is 1. The lowest BCUT2D eigenvalue weighted by Crippen LogP contribution is -2.36. The van der Waals surface area contributed by atoms with Crippen LogP contribution in [0.1, 0.15) is 29.2 Å². The van der Waals surface area contributed by atoms with Crippen LogP contribution in [-0.2, 0) is 13.1 Å². The number of nitrogens with zero attached hydrogens (tertiary/aromatic N) is 2. The van der Waals surface area contributed by atoms with E-state index in [2.05, 4.69) is 26.4 Å². The maximum absolute atomic E-state index is 12.6. The summed E-state index contributed by atoms with van der Waals surface area (Å²) >= 11 is 0. The van der Waals surface area contributed by atoms with E-state index in [4.69, 9.17) is 5.26 Å². The largest absolute Gasteiger partial charge is 0.434 e. The van der Waals surface area contributed by atoms with Crippen molar-refractivity contribution in [3.05, 3.63) is 64.7 Å². The van der Waals surface area contributed by atoms with Gasteiger partial charge in [0.2, 0.25) is 0 Å². The maximum atomic E-state index is 12.6. The molecule has 0 fully saturated rings. The Morgan fingerprint density at radius 3 is 2.74 bits per heavy atom. The molecule has 0 aromatic heterocycles. The molecule has 0 amide bonds. The summed E-state index contributed by atoms with van der Waals surface area (Å²) in [5.41, 5.74) is 3.05. The van der Waals surface area contributed by atoms with Crippen molar-refractivity contribution in [3.8, 4) is 11.8 Å². The van der Waals surface area contributed by atoms with Crippen LogP contribution in [0.25, 0.3) is 0 Å². The van der Waals surface area contributed by atoms with E-state index in [1.165, 1.54) is 6.07 Å². The molecule has 5 nitrogen and oxygen atoms in total. The maximum Gasteiger partial charge on any atom is 0.387 e. The third-order valence-electron chi connectivity index (χ3n) is 3.70. The molecule has 2 N–H and O–H groups in total. The fourth-order valence-corrected chi connectivity index (χ4v) is 2.49. The topological polar surface area (TPSA) is 69.4 Å². The third kappa shape index (κ3) is 6.59. The van der Waals surface area contributed by atoms with Gasteiger partial charge in [-0.05, 0) is 37.6 Å². The zero-order chi connectivity index (χ0) is 19.6. The minimum absolute atomic E-state index is 0.140. The summed E-state index contributed by atoms with van der Waals surface area (Å²) in [4.78, 5) is 4.48. The van der Waals surface area contributed by atoms with Crippen molar-refractivity contribution in [3.63, 3.8) is 0 Å². The molecule has 142 valence electrons. The molecule has 0 saturated carbocycles. The number of hydrogen-bond donors (Lipinski definition) is 2. The second-order valence-corrected chi connectivity index (χ2v) is 5.85. The Hall–Kier alpha value is -3.14. The van der Waals surface area contributed by atoms with E-state index in [9.17, 15) is 8.78 Å². The molecule has 0 bridgehead atoms. The Labute approximate surface area is 157 Å².